The highest BCUT2D eigenvalue weighted by Crippen LogP contribution is 2.18. The highest BCUT2D eigenvalue weighted by atomic mass is 16.5. The summed E-state index contributed by atoms with van der Waals surface area (Å²) in [5.74, 6) is 0. The van der Waals surface area contributed by atoms with Gasteiger partial charge in [-0.15, -0.1) is 0 Å². The third-order valence-corrected chi connectivity index (χ3v) is 3.12. The minimum Gasteiger partial charge on any atom is -0.383 e. The van der Waals surface area contributed by atoms with Crippen LogP contribution in [0.4, 0.5) is 5.69 Å². The zero-order valence-electron chi connectivity index (χ0n) is 12.1. The summed E-state index contributed by atoms with van der Waals surface area (Å²) >= 11 is 0. The first-order valence-electron chi connectivity index (χ1n) is 6.76. The van der Waals surface area contributed by atoms with Crippen LogP contribution in [0.25, 0.3) is 0 Å². The van der Waals surface area contributed by atoms with E-state index in [1.54, 1.807) is 7.11 Å². The number of para-hydroxylation sites is 1. The van der Waals surface area contributed by atoms with Crippen LogP contribution in [0.2, 0.25) is 0 Å². The molecule has 0 saturated heterocycles. The van der Waals surface area contributed by atoms with E-state index in [9.17, 15) is 0 Å². The number of rotatable bonds is 8. The molecule has 0 bridgehead atoms. The van der Waals surface area contributed by atoms with Gasteiger partial charge in [0, 0.05) is 25.4 Å². The lowest BCUT2D eigenvalue weighted by Crippen LogP contribution is -2.25. The van der Waals surface area contributed by atoms with E-state index in [0.29, 0.717) is 6.04 Å². The first-order chi connectivity index (χ1) is 8.71. The van der Waals surface area contributed by atoms with Crippen LogP contribution in [0.5, 0.6) is 0 Å². The Morgan fingerprint density at radius 1 is 1.22 bits per heavy atom. The van der Waals surface area contributed by atoms with Crippen molar-refractivity contribution < 1.29 is 4.74 Å². The minimum atomic E-state index is 0.327. The van der Waals surface area contributed by atoms with Gasteiger partial charge in [0.25, 0.3) is 0 Å². The molecule has 18 heavy (non-hydrogen) atoms. The van der Waals surface area contributed by atoms with Gasteiger partial charge in [-0.05, 0) is 31.6 Å². The van der Waals surface area contributed by atoms with Gasteiger partial charge in [0.05, 0.1) is 6.61 Å². The van der Waals surface area contributed by atoms with E-state index < -0.39 is 0 Å². The zero-order valence-corrected chi connectivity index (χ0v) is 12.1. The molecule has 0 aromatic heterocycles. The molecule has 1 aromatic carbocycles. The molecule has 0 radical (unpaired) electrons. The summed E-state index contributed by atoms with van der Waals surface area (Å²) in [4.78, 5) is 2.42. The van der Waals surface area contributed by atoms with Crippen LogP contribution in [0.3, 0.4) is 0 Å². The van der Waals surface area contributed by atoms with Crippen molar-refractivity contribution in [2.75, 3.05) is 32.1 Å². The highest BCUT2D eigenvalue weighted by molar-refractivity contribution is 5.51. The molecule has 0 saturated carbocycles. The van der Waals surface area contributed by atoms with Gasteiger partial charge in [0.1, 0.15) is 0 Å². The van der Waals surface area contributed by atoms with Crippen molar-refractivity contribution in [2.45, 2.75) is 33.4 Å². The fourth-order valence-electron chi connectivity index (χ4n) is 2.04. The van der Waals surface area contributed by atoms with Gasteiger partial charge >= 0.3 is 0 Å². The van der Waals surface area contributed by atoms with Crippen LogP contribution < -0.4 is 5.32 Å². The molecule has 0 spiro atoms. The number of anilines is 1. The number of hydrogen-bond donors (Lipinski definition) is 1. The number of nitrogens with one attached hydrogen (secondary N) is 1. The third-order valence-electron chi connectivity index (χ3n) is 3.12. The Morgan fingerprint density at radius 3 is 2.50 bits per heavy atom. The molecule has 0 heterocycles. The molecule has 0 amide bonds. The van der Waals surface area contributed by atoms with Crippen molar-refractivity contribution >= 4 is 5.69 Å². The van der Waals surface area contributed by atoms with Crippen LogP contribution in [-0.4, -0.2) is 37.7 Å². The average molecular weight is 250 g/mol. The molecule has 0 aliphatic carbocycles. The molecule has 3 heteroatoms. The standard InChI is InChI=1S/C15H26N2O/c1-5-17(6-2)11-14-9-7-8-10-15(14)16-13(3)12-18-4/h7-10,13,16H,5-6,11-12H2,1-4H3. The summed E-state index contributed by atoms with van der Waals surface area (Å²) in [6.07, 6.45) is 0. The summed E-state index contributed by atoms with van der Waals surface area (Å²) in [7, 11) is 1.74. The lowest BCUT2D eigenvalue weighted by atomic mass is 10.1. The molecule has 1 rings (SSSR count). The fraction of sp³-hybridized carbons (Fsp3) is 0.600. The van der Waals surface area contributed by atoms with Gasteiger partial charge in [-0.3, -0.25) is 4.90 Å². The molecule has 1 aromatic rings. The van der Waals surface area contributed by atoms with E-state index in [0.717, 1.165) is 26.2 Å². The number of hydrogen-bond acceptors (Lipinski definition) is 3. The molecule has 102 valence electrons. The van der Waals surface area contributed by atoms with Gasteiger partial charge < -0.3 is 10.1 Å². The number of benzene rings is 1. The van der Waals surface area contributed by atoms with Gasteiger partial charge in [-0.25, -0.2) is 0 Å². The van der Waals surface area contributed by atoms with Crippen molar-refractivity contribution in [2.24, 2.45) is 0 Å². The monoisotopic (exact) mass is 250 g/mol. The normalized spacial score (nSPS) is 12.7. The van der Waals surface area contributed by atoms with Gasteiger partial charge in [-0.2, -0.15) is 0 Å². The van der Waals surface area contributed by atoms with Gasteiger partial charge in [0.2, 0.25) is 0 Å². The molecule has 3 nitrogen and oxygen atoms in total. The Morgan fingerprint density at radius 2 is 1.89 bits per heavy atom. The van der Waals surface area contributed by atoms with E-state index in [1.807, 2.05) is 0 Å². The van der Waals surface area contributed by atoms with Gasteiger partial charge in [0.15, 0.2) is 0 Å². The SMILES string of the molecule is CCN(CC)Cc1ccccc1NC(C)COC. The fourth-order valence-corrected chi connectivity index (χ4v) is 2.04. The summed E-state index contributed by atoms with van der Waals surface area (Å²) in [5.41, 5.74) is 2.57. The summed E-state index contributed by atoms with van der Waals surface area (Å²) in [6.45, 7) is 10.4. The maximum Gasteiger partial charge on any atom is 0.0661 e. The van der Waals surface area contributed by atoms with E-state index in [-0.39, 0.29) is 0 Å². The summed E-state index contributed by atoms with van der Waals surface area (Å²) < 4.78 is 5.17. The first kappa shape index (κ1) is 15.0. The number of nitrogens with zero attached hydrogens (tertiary/aromatic N) is 1. The smallest absolute Gasteiger partial charge is 0.0661 e. The zero-order chi connectivity index (χ0) is 13.4. The molecule has 1 atom stereocenters. The topological polar surface area (TPSA) is 24.5 Å². The van der Waals surface area contributed by atoms with Crippen molar-refractivity contribution in [3.63, 3.8) is 0 Å². The maximum atomic E-state index is 5.17. The third kappa shape index (κ3) is 4.67. The lowest BCUT2D eigenvalue weighted by Gasteiger charge is -2.22. The lowest BCUT2D eigenvalue weighted by molar-refractivity contribution is 0.190. The quantitative estimate of drug-likeness (QED) is 0.767. The van der Waals surface area contributed by atoms with Crippen LogP contribution in [0.15, 0.2) is 24.3 Å². The predicted molar refractivity (Wildman–Crippen MR) is 78.0 cm³/mol. The maximum absolute atomic E-state index is 5.17. The first-order valence-corrected chi connectivity index (χ1v) is 6.76. The largest absolute Gasteiger partial charge is 0.383 e. The van der Waals surface area contributed by atoms with Crippen molar-refractivity contribution in [3.8, 4) is 0 Å². The summed E-state index contributed by atoms with van der Waals surface area (Å²) in [6, 6.07) is 8.84. The predicted octanol–water partition coefficient (Wildman–Crippen LogP) is 2.98. The Balaban J connectivity index is 2.72. The van der Waals surface area contributed by atoms with E-state index in [2.05, 4.69) is 55.3 Å². The number of ether oxygens (including phenoxy) is 1. The van der Waals surface area contributed by atoms with E-state index >= 15 is 0 Å². The molecular formula is C15H26N2O. The molecule has 0 aliphatic heterocycles. The molecule has 1 N–H and O–H groups in total. The van der Waals surface area contributed by atoms with Crippen LogP contribution in [0, 0.1) is 0 Å². The molecule has 1 unspecified atom stereocenters. The van der Waals surface area contributed by atoms with E-state index in [4.69, 9.17) is 4.74 Å². The average Bonchev–Trinajstić information content (AvgIpc) is 2.38. The second-order valence-corrected chi connectivity index (χ2v) is 4.62. The number of methoxy groups -OCH3 is 1. The second kappa shape index (κ2) is 8.11. The Hall–Kier alpha value is -1.06. The Labute approximate surface area is 111 Å². The van der Waals surface area contributed by atoms with Crippen molar-refractivity contribution in [1.29, 1.82) is 0 Å². The van der Waals surface area contributed by atoms with Crippen molar-refractivity contribution in [1.82, 2.24) is 4.90 Å². The van der Waals surface area contributed by atoms with Crippen LogP contribution in [-0.2, 0) is 11.3 Å². The molecule has 0 fully saturated rings. The van der Waals surface area contributed by atoms with Gasteiger partial charge in [-0.1, -0.05) is 32.0 Å². The Bertz CT molecular complexity index is 337. The highest BCUT2D eigenvalue weighted by Gasteiger charge is 2.08. The second-order valence-electron chi connectivity index (χ2n) is 4.62. The Kier molecular flexibility index (Phi) is 6.76. The minimum absolute atomic E-state index is 0.327. The molecule has 0 aliphatic rings. The van der Waals surface area contributed by atoms with Crippen molar-refractivity contribution in [3.05, 3.63) is 29.8 Å². The van der Waals surface area contributed by atoms with Crippen LogP contribution >= 0.6 is 0 Å². The van der Waals surface area contributed by atoms with Crippen LogP contribution in [0.1, 0.15) is 26.3 Å². The summed E-state index contributed by atoms with van der Waals surface area (Å²) in [5, 5.41) is 3.51. The molecular weight excluding hydrogens is 224 g/mol. The van der Waals surface area contributed by atoms with E-state index in [1.165, 1.54) is 11.3 Å².